The molecule has 2 aromatic rings. The molecule has 1 N–H and O–H groups in total. The average Bonchev–Trinajstić information content (AvgIpc) is 2.61. The van der Waals surface area contributed by atoms with Crippen LogP contribution in [0.1, 0.15) is 29.9 Å². The number of aliphatic hydroxyl groups is 1. The second-order valence-electron chi connectivity index (χ2n) is 6.79. The van der Waals surface area contributed by atoms with E-state index >= 15 is 0 Å². The molecular weight excluding hydrogens is 306 g/mol. The molecule has 5 rings (SSSR count). The van der Waals surface area contributed by atoms with Gasteiger partial charge in [-0.15, -0.1) is 0 Å². The maximum atomic E-state index is 10.9. The van der Waals surface area contributed by atoms with Crippen molar-refractivity contribution in [3.05, 3.63) is 70.7 Å². The van der Waals surface area contributed by atoms with E-state index in [1.807, 2.05) is 18.2 Å². The van der Waals surface area contributed by atoms with Gasteiger partial charge >= 0.3 is 0 Å². The van der Waals surface area contributed by atoms with Crippen molar-refractivity contribution in [1.82, 2.24) is 4.90 Å². The van der Waals surface area contributed by atoms with Gasteiger partial charge in [-0.05, 0) is 55.1 Å². The molecule has 3 heterocycles. The van der Waals surface area contributed by atoms with Crippen molar-refractivity contribution in [2.45, 2.75) is 30.9 Å². The molecule has 23 heavy (non-hydrogen) atoms. The number of hydrogen-bond donors (Lipinski definition) is 1. The molecular formula is C20H22ClNO. The maximum Gasteiger partial charge on any atom is 0.0733 e. The summed E-state index contributed by atoms with van der Waals surface area (Å²) in [5.41, 5.74) is 2.50. The van der Waals surface area contributed by atoms with E-state index in [0.29, 0.717) is 5.92 Å². The van der Waals surface area contributed by atoms with Crippen LogP contribution in [-0.2, 0) is 0 Å². The van der Waals surface area contributed by atoms with Gasteiger partial charge in [0.15, 0.2) is 0 Å². The number of rotatable bonds is 3. The molecule has 3 fully saturated rings. The van der Waals surface area contributed by atoms with Crippen LogP contribution in [0, 0.1) is 5.92 Å². The van der Waals surface area contributed by atoms with Crippen LogP contribution in [0.3, 0.4) is 0 Å². The number of aliphatic hydroxyl groups excluding tert-OH is 1. The normalized spacial score (nSPS) is 31.0. The van der Waals surface area contributed by atoms with Crippen LogP contribution in [0.15, 0.2) is 54.6 Å². The summed E-state index contributed by atoms with van der Waals surface area (Å²) in [6, 6.07) is 18.8. The first-order valence-electron chi connectivity index (χ1n) is 8.46. The SMILES string of the molecule is OC1C2CCN(CC2)C1C(c1ccccc1)c1ccc(Cl)cc1. The monoisotopic (exact) mass is 327 g/mol. The van der Waals surface area contributed by atoms with Crippen molar-refractivity contribution in [1.29, 1.82) is 0 Å². The van der Waals surface area contributed by atoms with Gasteiger partial charge in [0.1, 0.15) is 0 Å². The van der Waals surface area contributed by atoms with Gasteiger partial charge < -0.3 is 5.11 Å². The second-order valence-corrected chi connectivity index (χ2v) is 7.23. The second kappa shape index (κ2) is 6.27. The van der Waals surface area contributed by atoms with Gasteiger partial charge in [0.2, 0.25) is 0 Å². The van der Waals surface area contributed by atoms with Crippen LogP contribution in [0.5, 0.6) is 0 Å². The fraction of sp³-hybridized carbons (Fsp3) is 0.400. The van der Waals surface area contributed by atoms with Gasteiger partial charge in [0, 0.05) is 17.0 Å². The highest BCUT2D eigenvalue weighted by Gasteiger charge is 2.45. The third-order valence-corrected chi connectivity index (χ3v) is 5.81. The Morgan fingerprint density at radius 1 is 0.913 bits per heavy atom. The zero-order chi connectivity index (χ0) is 15.8. The molecule has 0 aromatic heterocycles. The van der Waals surface area contributed by atoms with Crippen molar-refractivity contribution in [2.75, 3.05) is 13.1 Å². The summed E-state index contributed by atoms with van der Waals surface area (Å²) in [6.07, 6.45) is 2.00. The third kappa shape index (κ3) is 2.80. The van der Waals surface area contributed by atoms with E-state index in [9.17, 15) is 5.11 Å². The first-order chi connectivity index (χ1) is 11.2. The number of halogens is 1. The Morgan fingerprint density at radius 2 is 1.52 bits per heavy atom. The van der Waals surface area contributed by atoms with E-state index in [-0.39, 0.29) is 18.1 Å². The van der Waals surface area contributed by atoms with E-state index in [2.05, 4.69) is 41.3 Å². The zero-order valence-corrected chi connectivity index (χ0v) is 13.9. The number of hydrogen-bond acceptors (Lipinski definition) is 2. The molecule has 3 unspecified atom stereocenters. The highest BCUT2D eigenvalue weighted by Crippen LogP contribution is 2.42. The maximum absolute atomic E-state index is 10.9. The number of nitrogens with zero attached hydrogens (tertiary/aromatic N) is 1. The first-order valence-corrected chi connectivity index (χ1v) is 8.84. The highest BCUT2D eigenvalue weighted by atomic mass is 35.5. The Morgan fingerprint density at radius 3 is 2.13 bits per heavy atom. The van der Waals surface area contributed by atoms with Gasteiger partial charge in [-0.2, -0.15) is 0 Å². The Hall–Kier alpha value is -1.35. The summed E-state index contributed by atoms with van der Waals surface area (Å²) in [5.74, 6) is 0.634. The minimum atomic E-state index is -0.251. The molecule has 2 bridgehead atoms. The van der Waals surface area contributed by atoms with E-state index < -0.39 is 0 Å². The first kappa shape index (κ1) is 15.2. The molecule has 0 aliphatic carbocycles. The molecule has 0 saturated carbocycles. The van der Waals surface area contributed by atoms with Crippen LogP contribution >= 0.6 is 11.6 Å². The Labute approximate surface area is 142 Å². The Kier molecular flexibility index (Phi) is 4.14. The number of piperidine rings is 3. The van der Waals surface area contributed by atoms with Crippen molar-refractivity contribution in [3.63, 3.8) is 0 Å². The van der Waals surface area contributed by atoms with Crippen LogP contribution in [0.4, 0.5) is 0 Å². The molecule has 120 valence electrons. The quantitative estimate of drug-likeness (QED) is 0.923. The number of benzene rings is 2. The Bertz CT molecular complexity index is 647. The molecule has 0 spiro atoms. The molecule has 3 heteroatoms. The molecule has 3 aliphatic rings. The average molecular weight is 328 g/mol. The fourth-order valence-corrected chi connectivity index (χ4v) is 4.51. The summed E-state index contributed by atoms with van der Waals surface area (Å²) >= 11 is 6.08. The standard InChI is InChI=1S/C20H22ClNO/c21-17-8-6-15(7-9-17)18(14-4-2-1-3-5-14)19-20(23)16-10-12-22(19)13-11-16/h1-9,16,18-20,23H,10-13H2. The van der Waals surface area contributed by atoms with E-state index in [4.69, 9.17) is 11.6 Å². The predicted octanol–water partition coefficient (Wildman–Crippen LogP) is 3.93. The van der Waals surface area contributed by atoms with Crippen molar-refractivity contribution >= 4 is 11.6 Å². The lowest BCUT2D eigenvalue weighted by molar-refractivity contribution is -0.0775. The molecule has 0 amide bonds. The van der Waals surface area contributed by atoms with Crippen molar-refractivity contribution in [3.8, 4) is 0 Å². The zero-order valence-electron chi connectivity index (χ0n) is 13.1. The smallest absolute Gasteiger partial charge is 0.0733 e. The largest absolute Gasteiger partial charge is 0.391 e. The van der Waals surface area contributed by atoms with Crippen molar-refractivity contribution < 1.29 is 5.11 Å². The number of fused-ring (bicyclic) bond motifs is 3. The van der Waals surface area contributed by atoms with Crippen LogP contribution in [0.25, 0.3) is 0 Å². The summed E-state index contributed by atoms with van der Waals surface area (Å²) < 4.78 is 0. The minimum absolute atomic E-state index is 0.158. The van der Waals surface area contributed by atoms with Gasteiger partial charge in [-0.1, -0.05) is 54.1 Å². The van der Waals surface area contributed by atoms with E-state index in [1.54, 1.807) is 0 Å². The molecule has 2 nitrogen and oxygen atoms in total. The molecule has 2 aromatic carbocycles. The highest BCUT2D eigenvalue weighted by molar-refractivity contribution is 6.30. The fourth-order valence-electron chi connectivity index (χ4n) is 4.38. The molecule has 3 aliphatic heterocycles. The topological polar surface area (TPSA) is 23.5 Å². The molecule has 0 radical (unpaired) electrons. The summed E-state index contributed by atoms with van der Waals surface area (Å²) in [6.45, 7) is 2.20. The lowest BCUT2D eigenvalue weighted by Crippen LogP contribution is -2.60. The Balaban J connectivity index is 1.78. The van der Waals surface area contributed by atoms with Gasteiger partial charge in [-0.25, -0.2) is 0 Å². The van der Waals surface area contributed by atoms with Crippen LogP contribution < -0.4 is 0 Å². The van der Waals surface area contributed by atoms with E-state index in [0.717, 1.165) is 31.0 Å². The van der Waals surface area contributed by atoms with E-state index in [1.165, 1.54) is 11.1 Å². The molecule has 3 atom stereocenters. The minimum Gasteiger partial charge on any atom is -0.391 e. The summed E-state index contributed by atoms with van der Waals surface area (Å²) in [4.78, 5) is 2.48. The van der Waals surface area contributed by atoms with Gasteiger partial charge in [0.25, 0.3) is 0 Å². The third-order valence-electron chi connectivity index (χ3n) is 5.56. The lowest BCUT2D eigenvalue weighted by Gasteiger charge is -2.52. The predicted molar refractivity (Wildman–Crippen MR) is 93.8 cm³/mol. The van der Waals surface area contributed by atoms with Gasteiger partial charge in [-0.3, -0.25) is 4.90 Å². The summed E-state index contributed by atoms with van der Waals surface area (Å²) in [7, 11) is 0. The van der Waals surface area contributed by atoms with Crippen LogP contribution in [-0.4, -0.2) is 35.2 Å². The summed E-state index contributed by atoms with van der Waals surface area (Å²) in [5, 5.41) is 11.7. The van der Waals surface area contributed by atoms with Crippen LogP contribution in [0.2, 0.25) is 5.02 Å². The van der Waals surface area contributed by atoms with Crippen molar-refractivity contribution in [2.24, 2.45) is 5.92 Å². The molecule has 3 saturated heterocycles. The lowest BCUT2D eigenvalue weighted by atomic mass is 9.72. The van der Waals surface area contributed by atoms with Gasteiger partial charge in [0.05, 0.1) is 6.10 Å².